The fraction of sp³-hybridized carbons (Fsp3) is 0.564. The molecule has 0 amide bonds. The van der Waals surface area contributed by atoms with Gasteiger partial charge in [-0.2, -0.15) is 0 Å². The number of ether oxygens (including phenoxy) is 7. The fourth-order valence-corrected chi connectivity index (χ4v) is 6.93. The first-order valence-electron chi connectivity index (χ1n) is 18.6. The molecule has 3 saturated heterocycles. The van der Waals surface area contributed by atoms with Gasteiger partial charge in [-0.15, -0.1) is 0 Å². The predicted molar refractivity (Wildman–Crippen MR) is 198 cm³/mol. The van der Waals surface area contributed by atoms with Gasteiger partial charge in [-0.3, -0.25) is 4.79 Å². The van der Waals surface area contributed by atoms with E-state index in [4.69, 9.17) is 37.6 Å². The van der Waals surface area contributed by atoms with Crippen molar-refractivity contribution < 1.29 is 88.6 Å². The molecule has 14 unspecified atom stereocenters. The Bertz CT molecular complexity index is 1980. The summed E-state index contributed by atoms with van der Waals surface area (Å²) < 4.78 is 46.9. The predicted octanol–water partition coefficient (Wildman–Crippen LogP) is -1.08. The second-order valence-corrected chi connectivity index (χ2v) is 14.8. The highest BCUT2D eigenvalue weighted by Crippen LogP contribution is 2.42. The van der Waals surface area contributed by atoms with Crippen LogP contribution in [0.2, 0.25) is 0 Å². The van der Waals surface area contributed by atoms with Crippen molar-refractivity contribution in [1.29, 1.82) is 0 Å². The lowest BCUT2D eigenvalue weighted by Crippen LogP contribution is -2.63. The van der Waals surface area contributed by atoms with Crippen molar-refractivity contribution in [2.24, 2.45) is 0 Å². The van der Waals surface area contributed by atoms with Gasteiger partial charge in [0.15, 0.2) is 18.2 Å². The fourth-order valence-electron chi connectivity index (χ4n) is 6.93. The molecule has 0 aliphatic carbocycles. The summed E-state index contributed by atoms with van der Waals surface area (Å²) in [6.07, 6.45) is -22.2. The van der Waals surface area contributed by atoms with Crippen LogP contribution in [0.3, 0.4) is 0 Å². The van der Waals surface area contributed by atoms with Crippen molar-refractivity contribution in [3.63, 3.8) is 0 Å². The maximum absolute atomic E-state index is 14.7. The van der Waals surface area contributed by atoms with Crippen molar-refractivity contribution in [2.45, 2.75) is 126 Å². The second kappa shape index (κ2) is 17.7. The Morgan fingerprint density at radius 3 is 1.98 bits per heavy atom. The first-order valence-corrected chi connectivity index (χ1v) is 18.6. The molecule has 19 nitrogen and oxygen atoms in total. The van der Waals surface area contributed by atoms with E-state index in [1.807, 2.05) is 13.8 Å². The van der Waals surface area contributed by atoms with Gasteiger partial charge >= 0.3 is 0 Å². The Kier molecular flexibility index (Phi) is 13.3. The van der Waals surface area contributed by atoms with Crippen LogP contribution in [-0.2, 0) is 25.4 Å². The summed E-state index contributed by atoms with van der Waals surface area (Å²) >= 11 is 0. The van der Waals surface area contributed by atoms with Crippen molar-refractivity contribution in [1.82, 2.24) is 0 Å². The number of aromatic hydroxyl groups is 1. The molecule has 4 heterocycles. The molecule has 15 atom stereocenters. The van der Waals surface area contributed by atoms with Gasteiger partial charge < -0.3 is 88.6 Å². The highest BCUT2D eigenvalue weighted by molar-refractivity contribution is 5.91. The zero-order chi connectivity index (χ0) is 42.3. The first kappa shape index (κ1) is 43.6. The third kappa shape index (κ3) is 8.41. The van der Waals surface area contributed by atoms with Crippen molar-refractivity contribution in [3.8, 4) is 34.3 Å². The standard InChI is InChI=1S/C39H50O19/c1-14(2)6-11-19-21(54-38-32(50)29(47)26(44)22(13-40)55-38)12-20(41)23-27(45)35(33(56-34(19)23)17-7-9-18(51-5)10-8-17)57-39-36(30(48)25(43)16(4)53-39)58-37-31(49)28(46)24(42)15(3)52-37/h6-10,12,15-16,22,24-26,28-32,36-44,46-50H,11,13H2,1-5H3/t15?,16?,22?,24?,25?,26?,28?,29?,30?,31?,32?,36?,37-,38?,39?/m0/s1. The lowest BCUT2D eigenvalue weighted by atomic mass is 9.98. The average Bonchev–Trinajstić information content (AvgIpc) is 3.20. The van der Waals surface area contributed by atoms with E-state index in [1.54, 1.807) is 18.2 Å². The van der Waals surface area contributed by atoms with Crippen LogP contribution >= 0.6 is 0 Å². The molecule has 10 N–H and O–H groups in total. The minimum absolute atomic E-state index is 0.0169. The number of allylic oxidation sites excluding steroid dienone is 2. The van der Waals surface area contributed by atoms with E-state index in [0.717, 1.165) is 11.6 Å². The highest BCUT2D eigenvalue weighted by Gasteiger charge is 2.51. The van der Waals surface area contributed by atoms with Crippen molar-refractivity contribution in [2.75, 3.05) is 13.7 Å². The molecule has 0 saturated carbocycles. The molecule has 0 spiro atoms. The molecule has 1 aromatic heterocycles. The molecule has 19 heteroatoms. The van der Waals surface area contributed by atoms with Crippen LogP contribution in [-0.4, -0.2) is 157 Å². The number of phenols is 1. The summed E-state index contributed by atoms with van der Waals surface area (Å²) in [5, 5.41) is 106. The number of phenolic OH excluding ortho intramolecular Hbond substituents is 1. The van der Waals surface area contributed by atoms with Crippen LogP contribution in [0.1, 0.15) is 33.3 Å². The first-order chi connectivity index (χ1) is 27.5. The minimum atomic E-state index is -1.83. The number of aliphatic hydroxyl groups excluding tert-OH is 9. The Balaban J connectivity index is 1.50. The Morgan fingerprint density at radius 2 is 1.36 bits per heavy atom. The molecular formula is C39H50O19. The number of methoxy groups -OCH3 is 1. The number of hydrogen-bond acceptors (Lipinski definition) is 19. The number of hydrogen-bond donors (Lipinski definition) is 10. The van der Waals surface area contributed by atoms with E-state index in [-0.39, 0.29) is 34.6 Å². The van der Waals surface area contributed by atoms with Crippen LogP contribution in [0, 0.1) is 0 Å². The van der Waals surface area contributed by atoms with E-state index in [9.17, 15) is 55.9 Å². The molecule has 3 aromatic rings. The lowest BCUT2D eigenvalue weighted by molar-refractivity contribution is -0.352. The molecule has 0 bridgehead atoms. The summed E-state index contributed by atoms with van der Waals surface area (Å²) in [5.41, 5.74) is 0.0592. The SMILES string of the molecule is COc1ccc(-c2oc3c(CC=C(C)C)c(OC4OC(CO)C(O)C(O)C4O)cc(O)c3c(=O)c2OC2OC(C)C(O)C(O)C2O[C@@H]2OC(C)C(O)C(O)C2O)cc1. The van der Waals surface area contributed by atoms with Gasteiger partial charge in [0.1, 0.15) is 83.2 Å². The van der Waals surface area contributed by atoms with Crippen molar-refractivity contribution >= 4 is 11.0 Å². The van der Waals surface area contributed by atoms with E-state index < -0.39 is 121 Å². The summed E-state index contributed by atoms with van der Waals surface area (Å²) in [6, 6.07) is 7.27. The molecule has 0 radical (unpaired) electrons. The highest BCUT2D eigenvalue weighted by atomic mass is 16.8. The van der Waals surface area contributed by atoms with E-state index in [0.29, 0.717) is 5.75 Å². The maximum atomic E-state index is 14.7. The molecule has 3 fully saturated rings. The lowest BCUT2D eigenvalue weighted by Gasteiger charge is -2.45. The molecule has 2 aromatic carbocycles. The van der Waals surface area contributed by atoms with Crippen LogP contribution < -0.4 is 19.6 Å². The van der Waals surface area contributed by atoms with Gasteiger partial charge in [0.25, 0.3) is 0 Å². The summed E-state index contributed by atoms with van der Waals surface area (Å²) in [4.78, 5) is 14.7. The Morgan fingerprint density at radius 1 is 0.759 bits per heavy atom. The van der Waals surface area contributed by atoms with E-state index >= 15 is 0 Å². The van der Waals surface area contributed by atoms with Gasteiger partial charge in [-0.05, 0) is 58.4 Å². The van der Waals surface area contributed by atoms with Crippen molar-refractivity contribution in [3.05, 3.63) is 57.8 Å². The van der Waals surface area contributed by atoms with Gasteiger partial charge in [0.05, 0.1) is 25.9 Å². The Hall–Kier alpha value is -3.93. The third-order valence-electron chi connectivity index (χ3n) is 10.4. The van der Waals surface area contributed by atoms with Gasteiger partial charge in [-0.1, -0.05) is 11.6 Å². The smallest absolute Gasteiger partial charge is 0.239 e. The number of fused-ring (bicyclic) bond motifs is 1. The number of rotatable bonds is 11. The number of benzene rings is 2. The quantitative estimate of drug-likeness (QED) is 0.103. The van der Waals surface area contributed by atoms with Crippen LogP contribution in [0.4, 0.5) is 0 Å². The molecule has 3 aliphatic heterocycles. The molecular weight excluding hydrogens is 772 g/mol. The normalized spacial score (nSPS) is 35.4. The average molecular weight is 823 g/mol. The van der Waals surface area contributed by atoms with Gasteiger partial charge in [0, 0.05) is 17.2 Å². The molecule has 3 aliphatic rings. The topological polar surface area (TPSA) is 297 Å². The summed E-state index contributed by atoms with van der Waals surface area (Å²) in [5.74, 6) is -1.22. The van der Waals surface area contributed by atoms with Crippen LogP contribution in [0.15, 0.2) is 51.2 Å². The Labute approximate surface area is 331 Å². The van der Waals surface area contributed by atoms with Crippen LogP contribution in [0.5, 0.6) is 23.0 Å². The zero-order valence-corrected chi connectivity index (χ0v) is 32.2. The van der Waals surface area contributed by atoms with Gasteiger partial charge in [0.2, 0.25) is 23.8 Å². The zero-order valence-electron chi connectivity index (χ0n) is 32.2. The van der Waals surface area contributed by atoms with Crippen LogP contribution in [0.25, 0.3) is 22.3 Å². The maximum Gasteiger partial charge on any atom is 0.239 e. The van der Waals surface area contributed by atoms with E-state index in [2.05, 4.69) is 0 Å². The molecule has 6 rings (SSSR count). The third-order valence-corrected chi connectivity index (χ3v) is 10.4. The number of aliphatic hydroxyl groups is 9. The molecule has 58 heavy (non-hydrogen) atoms. The minimum Gasteiger partial charge on any atom is -0.507 e. The van der Waals surface area contributed by atoms with Gasteiger partial charge in [-0.25, -0.2) is 0 Å². The monoisotopic (exact) mass is 822 g/mol. The summed E-state index contributed by atoms with van der Waals surface area (Å²) in [6.45, 7) is 5.71. The largest absolute Gasteiger partial charge is 0.507 e. The molecule has 320 valence electrons. The summed E-state index contributed by atoms with van der Waals surface area (Å²) in [7, 11) is 1.45. The van der Waals surface area contributed by atoms with E-state index in [1.165, 1.54) is 33.1 Å². The second-order valence-electron chi connectivity index (χ2n) is 14.8.